The van der Waals surface area contributed by atoms with Crippen molar-refractivity contribution in [2.45, 2.75) is 31.6 Å². The van der Waals surface area contributed by atoms with Gasteiger partial charge in [-0.1, -0.05) is 36.4 Å². The number of benzene rings is 2. The molecule has 0 amide bonds. The molecule has 1 saturated heterocycles. The Balaban J connectivity index is 1.44. The zero-order chi connectivity index (χ0) is 25.5. The molecule has 1 aromatic heterocycles. The summed E-state index contributed by atoms with van der Waals surface area (Å²) in [4.78, 5) is 13.8. The van der Waals surface area contributed by atoms with Gasteiger partial charge in [0, 0.05) is 31.4 Å². The highest BCUT2D eigenvalue weighted by atomic mass is 32.2. The van der Waals surface area contributed by atoms with Gasteiger partial charge in [0.2, 0.25) is 16.0 Å². The van der Waals surface area contributed by atoms with Crippen LogP contribution in [0.5, 0.6) is 0 Å². The molecule has 5 rings (SSSR count). The number of hydroxylamine groups is 1. The number of anilines is 3. The molecule has 12 heteroatoms. The Morgan fingerprint density at radius 3 is 2.61 bits per heavy atom. The standard InChI is InChI=1S/C24H24F3N5O3S/c1-36(33,34)31-11-9-17-13-19(8-7-18(17)15-31)29-23-28-14-20(24(25,26)27)22(30-23)32-21(10-12-35-32)16-5-3-2-4-6-16/h2-8,13-14,21H,9-12,15H2,1H3,(H,28,29,30). The molecule has 2 aliphatic heterocycles. The smallest absolute Gasteiger partial charge is 0.324 e. The number of hydrogen-bond donors (Lipinski definition) is 1. The molecule has 0 radical (unpaired) electrons. The summed E-state index contributed by atoms with van der Waals surface area (Å²) in [6.07, 6.45) is -1.68. The van der Waals surface area contributed by atoms with Gasteiger partial charge in [0.1, 0.15) is 5.56 Å². The van der Waals surface area contributed by atoms with Gasteiger partial charge in [0.05, 0.1) is 18.9 Å². The van der Waals surface area contributed by atoms with E-state index >= 15 is 0 Å². The predicted molar refractivity (Wildman–Crippen MR) is 128 cm³/mol. The van der Waals surface area contributed by atoms with Gasteiger partial charge in [-0.25, -0.2) is 18.5 Å². The summed E-state index contributed by atoms with van der Waals surface area (Å²) in [6, 6.07) is 14.1. The lowest BCUT2D eigenvalue weighted by molar-refractivity contribution is -0.138. The van der Waals surface area contributed by atoms with Crippen molar-refractivity contribution >= 4 is 27.5 Å². The Hall–Kier alpha value is -3.22. The number of halogens is 3. The second-order valence-corrected chi connectivity index (χ2v) is 10.7. The summed E-state index contributed by atoms with van der Waals surface area (Å²) < 4.78 is 66.7. The maximum Gasteiger partial charge on any atom is 0.421 e. The third kappa shape index (κ3) is 5.01. The normalized spacial score (nSPS) is 18.8. The average Bonchev–Trinajstić information content (AvgIpc) is 3.33. The number of hydrogen-bond acceptors (Lipinski definition) is 7. The van der Waals surface area contributed by atoms with E-state index < -0.39 is 27.8 Å². The monoisotopic (exact) mass is 519 g/mol. The minimum absolute atomic E-state index is 0.00571. The summed E-state index contributed by atoms with van der Waals surface area (Å²) in [6.45, 7) is 0.908. The molecule has 3 heterocycles. The van der Waals surface area contributed by atoms with Gasteiger partial charge in [-0.15, -0.1) is 0 Å². The fraction of sp³-hybridized carbons (Fsp3) is 0.333. The predicted octanol–water partition coefficient (Wildman–Crippen LogP) is 4.44. The number of alkyl halides is 3. The molecule has 36 heavy (non-hydrogen) atoms. The van der Waals surface area contributed by atoms with Crippen molar-refractivity contribution in [3.63, 3.8) is 0 Å². The van der Waals surface area contributed by atoms with Crippen LogP contribution >= 0.6 is 0 Å². The van der Waals surface area contributed by atoms with Crippen LogP contribution in [0.25, 0.3) is 0 Å². The largest absolute Gasteiger partial charge is 0.421 e. The van der Waals surface area contributed by atoms with Crippen LogP contribution in [-0.2, 0) is 34.0 Å². The minimum atomic E-state index is -4.67. The van der Waals surface area contributed by atoms with Gasteiger partial charge < -0.3 is 5.32 Å². The van der Waals surface area contributed by atoms with E-state index in [4.69, 9.17) is 4.84 Å². The highest BCUT2D eigenvalue weighted by Crippen LogP contribution is 2.41. The van der Waals surface area contributed by atoms with Crippen LogP contribution in [0, 0.1) is 0 Å². The highest BCUT2D eigenvalue weighted by Gasteiger charge is 2.40. The third-order valence-electron chi connectivity index (χ3n) is 6.28. The molecule has 0 saturated carbocycles. The quantitative estimate of drug-likeness (QED) is 0.533. The maximum absolute atomic E-state index is 13.9. The van der Waals surface area contributed by atoms with E-state index in [-0.39, 0.29) is 24.9 Å². The third-order valence-corrected chi connectivity index (χ3v) is 7.53. The molecule has 2 aliphatic rings. The van der Waals surface area contributed by atoms with Gasteiger partial charge in [-0.3, -0.25) is 4.84 Å². The van der Waals surface area contributed by atoms with Crippen LogP contribution in [0.15, 0.2) is 54.7 Å². The van der Waals surface area contributed by atoms with E-state index in [1.54, 1.807) is 12.1 Å². The zero-order valence-electron chi connectivity index (χ0n) is 19.4. The lowest BCUT2D eigenvalue weighted by atomic mass is 10.0. The summed E-state index contributed by atoms with van der Waals surface area (Å²) in [7, 11) is -3.29. The molecule has 1 atom stereocenters. The summed E-state index contributed by atoms with van der Waals surface area (Å²) in [5, 5.41) is 4.21. The van der Waals surface area contributed by atoms with Crippen LogP contribution in [0.1, 0.15) is 34.7 Å². The molecule has 8 nitrogen and oxygen atoms in total. The van der Waals surface area contributed by atoms with Gasteiger partial charge in [0.15, 0.2) is 5.82 Å². The van der Waals surface area contributed by atoms with Crippen molar-refractivity contribution in [2.24, 2.45) is 0 Å². The highest BCUT2D eigenvalue weighted by molar-refractivity contribution is 7.88. The first kappa shape index (κ1) is 24.5. The van der Waals surface area contributed by atoms with Crippen LogP contribution in [0.3, 0.4) is 0 Å². The molecule has 190 valence electrons. The average molecular weight is 520 g/mol. The van der Waals surface area contributed by atoms with E-state index in [2.05, 4.69) is 15.3 Å². The number of nitrogens with one attached hydrogen (secondary N) is 1. The number of nitrogens with zero attached hydrogens (tertiary/aromatic N) is 4. The number of fused-ring (bicyclic) bond motifs is 1. The molecule has 1 fully saturated rings. The molecule has 2 aromatic carbocycles. The molecule has 0 aliphatic carbocycles. The Bertz CT molecular complexity index is 1370. The molecule has 0 bridgehead atoms. The molecule has 1 unspecified atom stereocenters. The SMILES string of the molecule is CS(=O)(=O)N1CCc2cc(Nc3ncc(C(F)(F)F)c(N4OCCC4c4ccccc4)n3)ccc2C1. The van der Waals surface area contributed by atoms with Crippen molar-refractivity contribution in [3.8, 4) is 0 Å². The van der Waals surface area contributed by atoms with Crippen LogP contribution in [0.2, 0.25) is 0 Å². The molecular weight excluding hydrogens is 495 g/mol. The Morgan fingerprint density at radius 1 is 1.11 bits per heavy atom. The topological polar surface area (TPSA) is 87.7 Å². The molecule has 3 aromatic rings. The Kier molecular flexibility index (Phi) is 6.35. The second-order valence-electron chi connectivity index (χ2n) is 8.76. The van der Waals surface area contributed by atoms with E-state index in [0.29, 0.717) is 25.1 Å². The van der Waals surface area contributed by atoms with Crippen LogP contribution in [0.4, 0.5) is 30.6 Å². The van der Waals surface area contributed by atoms with Crippen molar-refractivity contribution in [1.29, 1.82) is 0 Å². The van der Waals surface area contributed by atoms with Crippen molar-refractivity contribution < 1.29 is 26.4 Å². The summed E-state index contributed by atoms with van der Waals surface area (Å²) in [5.74, 6) is -0.359. The zero-order valence-corrected chi connectivity index (χ0v) is 20.2. The van der Waals surface area contributed by atoms with Crippen molar-refractivity contribution in [1.82, 2.24) is 14.3 Å². The first-order valence-corrected chi connectivity index (χ1v) is 13.2. The molecule has 1 N–H and O–H groups in total. The van der Waals surface area contributed by atoms with E-state index in [1.165, 1.54) is 15.6 Å². The minimum Gasteiger partial charge on any atom is -0.324 e. The summed E-state index contributed by atoms with van der Waals surface area (Å²) >= 11 is 0. The lowest BCUT2D eigenvalue weighted by Crippen LogP contribution is -2.35. The lowest BCUT2D eigenvalue weighted by Gasteiger charge is -2.27. The van der Waals surface area contributed by atoms with Crippen molar-refractivity contribution in [2.75, 3.05) is 29.8 Å². The number of aromatic nitrogens is 2. The molecular formula is C24H24F3N5O3S. The first-order valence-electron chi connectivity index (χ1n) is 11.3. The Morgan fingerprint density at radius 2 is 1.89 bits per heavy atom. The van der Waals surface area contributed by atoms with E-state index in [0.717, 1.165) is 22.9 Å². The van der Waals surface area contributed by atoms with Crippen LogP contribution < -0.4 is 10.4 Å². The molecule has 0 spiro atoms. The van der Waals surface area contributed by atoms with E-state index in [9.17, 15) is 21.6 Å². The fourth-order valence-electron chi connectivity index (χ4n) is 4.47. The Labute approximate surface area is 206 Å². The fourth-order valence-corrected chi connectivity index (χ4v) is 5.27. The van der Waals surface area contributed by atoms with Gasteiger partial charge >= 0.3 is 6.18 Å². The first-order chi connectivity index (χ1) is 17.1. The van der Waals surface area contributed by atoms with Crippen molar-refractivity contribution in [3.05, 3.63) is 77.0 Å². The van der Waals surface area contributed by atoms with Gasteiger partial charge in [-0.2, -0.15) is 22.5 Å². The second kappa shape index (κ2) is 9.34. The summed E-state index contributed by atoms with van der Waals surface area (Å²) in [5.41, 5.74) is 2.27. The van der Waals surface area contributed by atoms with E-state index in [1.807, 2.05) is 36.4 Å². The van der Waals surface area contributed by atoms with Crippen LogP contribution in [-0.4, -0.2) is 42.1 Å². The number of rotatable bonds is 5. The maximum atomic E-state index is 13.9. The number of sulfonamides is 1. The van der Waals surface area contributed by atoms with Gasteiger partial charge in [-0.05, 0) is 35.2 Å². The van der Waals surface area contributed by atoms with Gasteiger partial charge in [0.25, 0.3) is 0 Å².